The van der Waals surface area contributed by atoms with Crippen molar-refractivity contribution in [2.45, 2.75) is 76.7 Å². The van der Waals surface area contributed by atoms with Crippen molar-refractivity contribution in [3.05, 3.63) is 29.3 Å². The van der Waals surface area contributed by atoms with Crippen LogP contribution in [-0.4, -0.2) is 92.1 Å². The molecule has 6 unspecified atom stereocenters. The minimum atomic E-state index is -0.972. The number of ether oxygens (including phenoxy) is 3. The summed E-state index contributed by atoms with van der Waals surface area (Å²) < 4.78 is 16.0. The molecule has 3 aliphatic rings. The number of phenolic OH excluding ortho intramolecular Hbond substituents is 1. The average molecular weight is 562 g/mol. The number of carbonyl (C=O) groups is 1. The van der Waals surface area contributed by atoms with Crippen molar-refractivity contribution in [1.82, 2.24) is 4.90 Å². The zero-order valence-corrected chi connectivity index (χ0v) is 24.6. The number of hydrogen-bond donors (Lipinski definition) is 3. The van der Waals surface area contributed by atoms with Crippen LogP contribution in [0.2, 0.25) is 0 Å². The first-order valence-electron chi connectivity index (χ1n) is 15.4. The normalized spacial score (nSPS) is 29.2. The van der Waals surface area contributed by atoms with Gasteiger partial charge in [0.05, 0.1) is 39.1 Å². The van der Waals surface area contributed by atoms with E-state index in [0.717, 1.165) is 45.2 Å². The van der Waals surface area contributed by atoms with Gasteiger partial charge in [-0.1, -0.05) is 25.8 Å². The molecule has 0 aromatic heterocycles. The zero-order valence-electron chi connectivity index (χ0n) is 24.6. The van der Waals surface area contributed by atoms with E-state index in [2.05, 4.69) is 24.9 Å². The fraction of sp³-hybridized carbons (Fsp3) is 0.781. The number of aliphatic carboxylic acids is 1. The lowest BCUT2D eigenvalue weighted by Crippen LogP contribution is -2.47. The number of aliphatic hydroxyl groups is 1. The molecule has 0 heterocycles. The summed E-state index contributed by atoms with van der Waals surface area (Å²) in [6.45, 7) is 6.31. The van der Waals surface area contributed by atoms with Gasteiger partial charge in [-0.05, 0) is 111 Å². The van der Waals surface area contributed by atoms with Gasteiger partial charge in [-0.2, -0.15) is 0 Å². The number of carboxylic acid groups (broad SMARTS) is 1. The second-order valence-electron chi connectivity index (χ2n) is 12.6. The molecule has 1 aromatic carbocycles. The predicted molar refractivity (Wildman–Crippen MR) is 154 cm³/mol. The van der Waals surface area contributed by atoms with E-state index in [9.17, 15) is 15.0 Å². The summed E-state index contributed by atoms with van der Waals surface area (Å²) in [5.74, 6) is 1.87. The molecule has 3 aliphatic carbocycles. The van der Waals surface area contributed by atoms with E-state index in [1.54, 1.807) is 0 Å². The predicted octanol–water partition coefficient (Wildman–Crippen LogP) is 4.46. The molecule has 2 saturated carbocycles. The molecule has 226 valence electrons. The van der Waals surface area contributed by atoms with Crippen LogP contribution in [0.15, 0.2) is 18.2 Å². The van der Waals surface area contributed by atoms with E-state index in [0.29, 0.717) is 55.8 Å². The van der Waals surface area contributed by atoms with Crippen molar-refractivity contribution < 1.29 is 34.3 Å². The van der Waals surface area contributed by atoms with Gasteiger partial charge in [0.2, 0.25) is 0 Å². The quantitative estimate of drug-likeness (QED) is 0.239. The van der Waals surface area contributed by atoms with E-state index in [-0.39, 0.29) is 24.7 Å². The van der Waals surface area contributed by atoms with Crippen LogP contribution >= 0.6 is 0 Å². The topological polar surface area (TPSA) is 109 Å². The number of carboxylic acids is 1. The molecule has 0 spiro atoms. The summed E-state index contributed by atoms with van der Waals surface area (Å²) in [6, 6.07) is 6.06. The third kappa shape index (κ3) is 7.97. The van der Waals surface area contributed by atoms with Crippen LogP contribution in [0, 0.1) is 23.2 Å². The van der Waals surface area contributed by atoms with Crippen LogP contribution in [-0.2, 0) is 25.4 Å². The number of likely N-dealkylation sites (N-methyl/N-ethyl adjacent to an activating group) is 1. The Balaban J connectivity index is 1.14. The van der Waals surface area contributed by atoms with Gasteiger partial charge in [0.1, 0.15) is 12.4 Å². The van der Waals surface area contributed by atoms with Gasteiger partial charge in [-0.15, -0.1) is 0 Å². The van der Waals surface area contributed by atoms with Crippen LogP contribution < -0.4 is 0 Å². The molecule has 0 amide bonds. The Kier molecular flexibility index (Phi) is 11.7. The average Bonchev–Trinajstić information content (AvgIpc) is 3.23. The minimum absolute atomic E-state index is 0.0705. The number of nitrogens with zero attached hydrogens (tertiary/aromatic N) is 1. The molecule has 40 heavy (non-hydrogen) atoms. The Morgan fingerprint density at radius 1 is 1.00 bits per heavy atom. The lowest BCUT2D eigenvalue weighted by atomic mass is 9.52. The molecule has 4 rings (SSSR count). The first-order valence-corrected chi connectivity index (χ1v) is 15.4. The Morgan fingerprint density at radius 3 is 2.52 bits per heavy atom. The third-order valence-electron chi connectivity index (χ3n) is 10.0. The Labute approximate surface area is 240 Å². The van der Waals surface area contributed by atoms with Crippen molar-refractivity contribution in [1.29, 1.82) is 0 Å². The number of unbranched alkanes of at least 4 members (excludes halogenated alkanes) is 2. The standard InChI is InChI=1S/C32H51NO7/c1-32-12-11-27-26-8-7-25(34)21-24(26)20-23(31(27)28(32)9-10-29(32)35)6-4-3-5-13-33(2)14-15-38-16-17-39-18-19-40-22-30(36)37/h7-8,21,23,27-29,31,34-35H,3-6,9-20,22H2,1-2H3,(H,36,37). The smallest absolute Gasteiger partial charge is 0.329 e. The monoisotopic (exact) mass is 561 g/mol. The van der Waals surface area contributed by atoms with Crippen LogP contribution in [0.5, 0.6) is 5.75 Å². The molecular formula is C32H51NO7. The zero-order chi connectivity index (χ0) is 28.5. The van der Waals surface area contributed by atoms with Crippen LogP contribution in [0.25, 0.3) is 0 Å². The second-order valence-corrected chi connectivity index (χ2v) is 12.6. The van der Waals surface area contributed by atoms with Crippen LogP contribution in [0.4, 0.5) is 0 Å². The molecule has 0 radical (unpaired) electrons. The maximum atomic E-state index is 10.9. The highest BCUT2D eigenvalue weighted by atomic mass is 16.5. The first-order chi connectivity index (χ1) is 19.3. The van der Waals surface area contributed by atoms with Crippen molar-refractivity contribution in [3.63, 3.8) is 0 Å². The number of benzene rings is 1. The molecule has 0 aliphatic heterocycles. The molecule has 8 heteroatoms. The molecule has 3 N–H and O–H groups in total. The molecule has 6 atom stereocenters. The number of aromatic hydroxyl groups is 1. The number of phenols is 1. The number of rotatable bonds is 17. The summed E-state index contributed by atoms with van der Waals surface area (Å²) in [5.41, 5.74) is 2.88. The Hall–Kier alpha value is -1.71. The molecule has 0 bridgehead atoms. The van der Waals surface area contributed by atoms with E-state index in [4.69, 9.17) is 19.3 Å². The fourth-order valence-corrected chi connectivity index (χ4v) is 7.93. The second kappa shape index (κ2) is 15.0. The lowest BCUT2D eigenvalue weighted by molar-refractivity contribution is -0.142. The highest BCUT2D eigenvalue weighted by Crippen LogP contribution is 2.62. The molecule has 2 fully saturated rings. The minimum Gasteiger partial charge on any atom is -0.508 e. The Morgan fingerprint density at radius 2 is 1.75 bits per heavy atom. The van der Waals surface area contributed by atoms with E-state index in [1.807, 2.05) is 12.1 Å². The van der Waals surface area contributed by atoms with Crippen molar-refractivity contribution in [3.8, 4) is 5.75 Å². The van der Waals surface area contributed by atoms with E-state index < -0.39 is 5.97 Å². The van der Waals surface area contributed by atoms with Gasteiger partial charge < -0.3 is 34.4 Å². The van der Waals surface area contributed by atoms with Gasteiger partial charge in [0, 0.05) is 6.54 Å². The number of fused-ring (bicyclic) bond motifs is 5. The molecule has 0 saturated heterocycles. The van der Waals surface area contributed by atoms with Gasteiger partial charge in [0.15, 0.2) is 0 Å². The van der Waals surface area contributed by atoms with Gasteiger partial charge in [-0.3, -0.25) is 0 Å². The molecule has 1 aromatic rings. The largest absolute Gasteiger partial charge is 0.508 e. The summed E-state index contributed by atoms with van der Waals surface area (Å²) in [4.78, 5) is 12.7. The molecular weight excluding hydrogens is 510 g/mol. The number of hydrogen-bond acceptors (Lipinski definition) is 7. The summed E-state index contributed by atoms with van der Waals surface area (Å²) in [5, 5.41) is 29.6. The molecule has 8 nitrogen and oxygen atoms in total. The van der Waals surface area contributed by atoms with Crippen molar-refractivity contribution >= 4 is 5.97 Å². The van der Waals surface area contributed by atoms with Crippen LogP contribution in [0.1, 0.15) is 75.3 Å². The fourth-order valence-electron chi connectivity index (χ4n) is 7.93. The summed E-state index contributed by atoms with van der Waals surface area (Å²) >= 11 is 0. The summed E-state index contributed by atoms with van der Waals surface area (Å²) in [7, 11) is 2.14. The first kappa shape index (κ1) is 31.2. The van der Waals surface area contributed by atoms with Gasteiger partial charge in [0.25, 0.3) is 0 Å². The maximum absolute atomic E-state index is 10.9. The van der Waals surface area contributed by atoms with E-state index >= 15 is 0 Å². The summed E-state index contributed by atoms with van der Waals surface area (Å²) in [6.07, 6.45) is 10.1. The van der Waals surface area contributed by atoms with Crippen molar-refractivity contribution in [2.24, 2.45) is 23.2 Å². The third-order valence-corrected chi connectivity index (χ3v) is 10.0. The van der Waals surface area contributed by atoms with E-state index in [1.165, 1.54) is 36.8 Å². The highest BCUT2D eigenvalue weighted by Gasteiger charge is 2.56. The Bertz CT molecular complexity index is 942. The van der Waals surface area contributed by atoms with Crippen LogP contribution in [0.3, 0.4) is 0 Å². The highest BCUT2D eigenvalue weighted by molar-refractivity contribution is 5.67. The number of aliphatic hydroxyl groups excluding tert-OH is 1. The van der Waals surface area contributed by atoms with Gasteiger partial charge >= 0.3 is 5.97 Å². The van der Waals surface area contributed by atoms with Gasteiger partial charge in [-0.25, -0.2) is 4.79 Å². The SMILES string of the molecule is CN(CCCCCC1Cc2cc(O)ccc2C2CCC3(C)C(O)CCC3C12)CCOCCOCCOCC(=O)O. The van der Waals surface area contributed by atoms with Crippen molar-refractivity contribution in [2.75, 3.05) is 59.8 Å². The lowest BCUT2D eigenvalue weighted by Gasteiger charge is -2.53. The maximum Gasteiger partial charge on any atom is 0.329 e.